The monoisotopic (exact) mass is 251 g/mol. The van der Waals surface area contributed by atoms with Crippen molar-refractivity contribution >= 4 is 11.7 Å². The number of carbonyl (C=O) groups excluding carboxylic acids is 1. The molecule has 0 unspecified atom stereocenters. The molecule has 2 rings (SSSR count). The fraction of sp³-hybridized carbons (Fsp3) is 0.867. The van der Waals surface area contributed by atoms with E-state index in [1.165, 1.54) is 19.3 Å². The number of oxime groups is 1. The van der Waals surface area contributed by atoms with E-state index in [0.717, 1.165) is 37.3 Å². The lowest BCUT2D eigenvalue weighted by Gasteiger charge is -2.36. The molecule has 102 valence electrons. The summed E-state index contributed by atoms with van der Waals surface area (Å²) in [5.74, 6) is 0.795. The predicted octanol–water partition coefficient (Wildman–Crippen LogP) is 3.92. The van der Waals surface area contributed by atoms with Crippen LogP contribution < -0.4 is 0 Å². The van der Waals surface area contributed by atoms with E-state index in [-0.39, 0.29) is 11.9 Å². The third-order valence-corrected chi connectivity index (χ3v) is 4.75. The maximum atomic E-state index is 11.4. The fourth-order valence-electron chi connectivity index (χ4n) is 2.62. The molecule has 2 aliphatic rings. The highest BCUT2D eigenvalue weighted by molar-refractivity contribution is 5.85. The van der Waals surface area contributed by atoms with Gasteiger partial charge in [0.15, 0.2) is 0 Å². The van der Waals surface area contributed by atoms with Crippen LogP contribution in [0.25, 0.3) is 0 Å². The SMILES string of the molecule is CCC(C)(C)C1CCC(=NOC(=O)C2CC2)CC1. The van der Waals surface area contributed by atoms with Crippen molar-refractivity contribution in [2.45, 2.75) is 65.7 Å². The van der Waals surface area contributed by atoms with Crippen LogP contribution in [-0.2, 0) is 9.63 Å². The van der Waals surface area contributed by atoms with Crippen LogP contribution in [0.4, 0.5) is 0 Å². The zero-order valence-corrected chi connectivity index (χ0v) is 11.9. The highest BCUT2D eigenvalue weighted by Gasteiger charge is 2.33. The Balaban J connectivity index is 1.78. The maximum absolute atomic E-state index is 11.4. The lowest BCUT2D eigenvalue weighted by molar-refractivity contribution is -0.145. The molecule has 3 heteroatoms. The number of nitrogens with zero attached hydrogens (tertiary/aromatic N) is 1. The fourth-order valence-corrected chi connectivity index (χ4v) is 2.62. The molecule has 18 heavy (non-hydrogen) atoms. The molecule has 0 radical (unpaired) electrons. The summed E-state index contributed by atoms with van der Waals surface area (Å²) in [6.45, 7) is 6.97. The lowest BCUT2D eigenvalue weighted by Crippen LogP contribution is -2.28. The van der Waals surface area contributed by atoms with Crippen LogP contribution in [0.5, 0.6) is 0 Å². The molecule has 0 bridgehead atoms. The Bertz CT molecular complexity index is 332. The molecule has 0 aliphatic heterocycles. The Morgan fingerprint density at radius 1 is 1.28 bits per heavy atom. The Morgan fingerprint density at radius 3 is 2.39 bits per heavy atom. The summed E-state index contributed by atoms with van der Waals surface area (Å²) in [5, 5.41) is 4.05. The number of carbonyl (C=O) groups is 1. The van der Waals surface area contributed by atoms with Crippen molar-refractivity contribution in [2.75, 3.05) is 0 Å². The average molecular weight is 251 g/mol. The Morgan fingerprint density at radius 2 is 1.89 bits per heavy atom. The molecular formula is C15H25NO2. The molecule has 2 fully saturated rings. The van der Waals surface area contributed by atoms with Gasteiger partial charge < -0.3 is 4.84 Å². The zero-order valence-electron chi connectivity index (χ0n) is 11.9. The minimum absolute atomic E-state index is 0.126. The first-order valence-electron chi connectivity index (χ1n) is 7.29. The van der Waals surface area contributed by atoms with E-state index in [9.17, 15) is 4.79 Å². The van der Waals surface area contributed by atoms with Gasteiger partial charge in [-0.2, -0.15) is 0 Å². The van der Waals surface area contributed by atoms with Crippen molar-refractivity contribution in [3.63, 3.8) is 0 Å². The molecule has 0 aromatic heterocycles. The molecule has 2 aliphatic carbocycles. The van der Waals surface area contributed by atoms with Crippen LogP contribution in [0.2, 0.25) is 0 Å². The van der Waals surface area contributed by atoms with Crippen molar-refractivity contribution in [3.8, 4) is 0 Å². The lowest BCUT2D eigenvalue weighted by atomic mass is 9.69. The molecule has 0 amide bonds. The van der Waals surface area contributed by atoms with E-state index in [4.69, 9.17) is 4.84 Å². The second-order valence-electron chi connectivity index (χ2n) is 6.46. The summed E-state index contributed by atoms with van der Waals surface area (Å²) in [5.41, 5.74) is 1.50. The summed E-state index contributed by atoms with van der Waals surface area (Å²) < 4.78 is 0. The first kappa shape index (κ1) is 13.6. The minimum Gasteiger partial charge on any atom is -0.318 e. The van der Waals surface area contributed by atoms with Crippen LogP contribution in [0.15, 0.2) is 5.16 Å². The van der Waals surface area contributed by atoms with E-state index >= 15 is 0 Å². The van der Waals surface area contributed by atoms with Gasteiger partial charge in [-0.3, -0.25) is 0 Å². The van der Waals surface area contributed by atoms with Crippen molar-refractivity contribution < 1.29 is 9.63 Å². The van der Waals surface area contributed by atoms with Gasteiger partial charge in [0, 0.05) is 0 Å². The van der Waals surface area contributed by atoms with Gasteiger partial charge in [0.2, 0.25) is 0 Å². The topological polar surface area (TPSA) is 38.7 Å². The van der Waals surface area contributed by atoms with Gasteiger partial charge in [0.1, 0.15) is 0 Å². The smallest absolute Gasteiger partial charge is 0.318 e. The van der Waals surface area contributed by atoms with Crippen molar-refractivity contribution in [2.24, 2.45) is 22.4 Å². The van der Waals surface area contributed by atoms with Crippen LogP contribution in [-0.4, -0.2) is 11.7 Å². The van der Waals surface area contributed by atoms with Gasteiger partial charge in [-0.25, -0.2) is 4.79 Å². The predicted molar refractivity (Wildman–Crippen MR) is 72.3 cm³/mol. The number of hydrogen-bond donors (Lipinski definition) is 0. The third-order valence-electron chi connectivity index (χ3n) is 4.75. The second kappa shape index (κ2) is 5.41. The molecule has 0 N–H and O–H groups in total. The first-order chi connectivity index (χ1) is 8.53. The standard InChI is InChI=1S/C15H25NO2/c1-4-15(2,3)12-7-9-13(10-8-12)16-18-14(17)11-5-6-11/h11-12H,4-10H2,1-3H3. The quantitative estimate of drug-likeness (QED) is 0.561. The molecule has 0 aromatic carbocycles. The molecule has 2 saturated carbocycles. The Labute approximate surface area is 110 Å². The highest BCUT2D eigenvalue weighted by atomic mass is 16.7. The molecular weight excluding hydrogens is 226 g/mol. The van der Waals surface area contributed by atoms with Gasteiger partial charge in [-0.1, -0.05) is 32.3 Å². The Hall–Kier alpha value is -0.860. The molecule has 0 aromatic rings. The third kappa shape index (κ3) is 3.33. The summed E-state index contributed by atoms with van der Waals surface area (Å²) in [6, 6.07) is 0. The summed E-state index contributed by atoms with van der Waals surface area (Å²) in [6.07, 6.45) is 7.53. The average Bonchev–Trinajstić information content (AvgIpc) is 3.20. The molecule has 3 nitrogen and oxygen atoms in total. The zero-order chi connectivity index (χ0) is 13.2. The summed E-state index contributed by atoms with van der Waals surface area (Å²) >= 11 is 0. The van der Waals surface area contributed by atoms with Crippen molar-refractivity contribution in [1.29, 1.82) is 0 Å². The molecule has 0 saturated heterocycles. The largest absolute Gasteiger partial charge is 0.338 e. The van der Waals surface area contributed by atoms with Gasteiger partial charge in [-0.05, 0) is 49.9 Å². The van der Waals surface area contributed by atoms with Crippen molar-refractivity contribution in [3.05, 3.63) is 0 Å². The summed E-state index contributed by atoms with van der Waals surface area (Å²) in [7, 11) is 0. The second-order valence-corrected chi connectivity index (χ2v) is 6.46. The van der Waals surface area contributed by atoms with E-state index in [2.05, 4.69) is 25.9 Å². The van der Waals surface area contributed by atoms with Crippen LogP contribution in [0, 0.1) is 17.3 Å². The van der Waals surface area contributed by atoms with Gasteiger partial charge in [0.05, 0.1) is 11.6 Å². The number of hydrogen-bond acceptors (Lipinski definition) is 3. The Kier molecular flexibility index (Phi) is 4.08. The van der Waals surface area contributed by atoms with E-state index in [1.54, 1.807) is 0 Å². The van der Waals surface area contributed by atoms with Crippen LogP contribution in [0.1, 0.15) is 65.7 Å². The van der Waals surface area contributed by atoms with Crippen LogP contribution >= 0.6 is 0 Å². The summed E-state index contributed by atoms with van der Waals surface area (Å²) in [4.78, 5) is 16.4. The van der Waals surface area contributed by atoms with E-state index in [0.29, 0.717) is 5.41 Å². The number of rotatable bonds is 4. The molecule has 0 heterocycles. The molecule has 0 spiro atoms. The van der Waals surface area contributed by atoms with Crippen molar-refractivity contribution in [1.82, 2.24) is 0 Å². The van der Waals surface area contributed by atoms with E-state index in [1.807, 2.05) is 0 Å². The maximum Gasteiger partial charge on any atom is 0.338 e. The van der Waals surface area contributed by atoms with Gasteiger partial charge >= 0.3 is 5.97 Å². The first-order valence-corrected chi connectivity index (χ1v) is 7.29. The van der Waals surface area contributed by atoms with E-state index < -0.39 is 0 Å². The highest BCUT2D eigenvalue weighted by Crippen LogP contribution is 2.39. The van der Waals surface area contributed by atoms with Gasteiger partial charge in [0.25, 0.3) is 0 Å². The minimum atomic E-state index is -0.126. The van der Waals surface area contributed by atoms with Crippen LogP contribution in [0.3, 0.4) is 0 Å². The normalized spacial score (nSPS) is 24.8. The molecule has 0 atom stereocenters. The van der Waals surface area contributed by atoms with Gasteiger partial charge in [-0.15, -0.1) is 0 Å².